The maximum atomic E-state index is 12.2. The number of likely N-dealkylation sites (tertiary alicyclic amines) is 1. The van der Waals surface area contributed by atoms with Crippen molar-refractivity contribution in [2.45, 2.75) is 45.2 Å². The largest absolute Gasteiger partial charge is 0.333 e. The fourth-order valence-electron chi connectivity index (χ4n) is 2.36. The second-order valence-corrected chi connectivity index (χ2v) is 4.19. The van der Waals surface area contributed by atoms with Crippen molar-refractivity contribution in [3.05, 3.63) is 18.0 Å². The number of nitrogens with one attached hydrogen (secondary N) is 1. The molecule has 0 saturated carbocycles. The molecule has 0 spiro atoms. The standard InChI is InChI=1S/C11H17N3O/c1-3-10-5-4-8(2)14(10)11(15)9-6-12-13-7-9/h6-8,10H,3-5H2,1-2H3,(H,12,13). The van der Waals surface area contributed by atoms with E-state index in [2.05, 4.69) is 24.0 Å². The van der Waals surface area contributed by atoms with Crippen molar-refractivity contribution < 1.29 is 4.79 Å². The highest BCUT2D eigenvalue weighted by Gasteiger charge is 2.33. The summed E-state index contributed by atoms with van der Waals surface area (Å²) in [6.07, 6.45) is 6.54. The minimum atomic E-state index is 0.112. The van der Waals surface area contributed by atoms with Crippen molar-refractivity contribution in [2.75, 3.05) is 0 Å². The Morgan fingerprint density at radius 1 is 1.67 bits per heavy atom. The Balaban J connectivity index is 2.18. The zero-order valence-electron chi connectivity index (χ0n) is 9.23. The summed E-state index contributed by atoms with van der Waals surface area (Å²) in [4.78, 5) is 14.2. The highest BCUT2D eigenvalue weighted by molar-refractivity contribution is 5.94. The van der Waals surface area contributed by atoms with E-state index in [0.29, 0.717) is 17.6 Å². The maximum Gasteiger partial charge on any atom is 0.257 e. The van der Waals surface area contributed by atoms with Gasteiger partial charge in [0, 0.05) is 18.3 Å². The number of nitrogens with zero attached hydrogens (tertiary/aromatic N) is 2. The first-order valence-electron chi connectivity index (χ1n) is 5.55. The fraction of sp³-hybridized carbons (Fsp3) is 0.636. The van der Waals surface area contributed by atoms with Crippen molar-refractivity contribution >= 4 is 5.91 Å². The molecular weight excluding hydrogens is 190 g/mol. The average Bonchev–Trinajstić information content (AvgIpc) is 2.85. The van der Waals surface area contributed by atoms with Crippen LogP contribution in [0.25, 0.3) is 0 Å². The molecular formula is C11H17N3O. The molecule has 1 saturated heterocycles. The molecule has 1 aliphatic rings. The summed E-state index contributed by atoms with van der Waals surface area (Å²) < 4.78 is 0. The number of carbonyl (C=O) groups is 1. The van der Waals surface area contributed by atoms with Crippen LogP contribution >= 0.6 is 0 Å². The van der Waals surface area contributed by atoms with Gasteiger partial charge in [-0.2, -0.15) is 5.10 Å². The Morgan fingerprint density at radius 3 is 3.07 bits per heavy atom. The Kier molecular flexibility index (Phi) is 2.75. The predicted octanol–water partition coefficient (Wildman–Crippen LogP) is 1.81. The van der Waals surface area contributed by atoms with Gasteiger partial charge in [-0.15, -0.1) is 0 Å². The molecule has 4 heteroatoms. The van der Waals surface area contributed by atoms with E-state index in [1.165, 1.54) is 0 Å². The topological polar surface area (TPSA) is 49.0 Å². The van der Waals surface area contributed by atoms with Gasteiger partial charge in [-0.05, 0) is 26.2 Å². The minimum Gasteiger partial charge on any atom is -0.333 e. The number of carbonyl (C=O) groups excluding carboxylic acids is 1. The van der Waals surface area contributed by atoms with Gasteiger partial charge in [0.1, 0.15) is 0 Å². The molecule has 0 bridgehead atoms. The molecule has 0 aromatic carbocycles. The van der Waals surface area contributed by atoms with Gasteiger partial charge in [0.05, 0.1) is 11.8 Å². The third-order valence-electron chi connectivity index (χ3n) is 3.24. The van der Waals surface area contributed by atoms with Crippen LogP contribution in [0.4, 0.5) is 0 Å². The first kappa shape index (κ1) is 10.2. The van der Waals surface area contributed by atoms with Gasteiger partial charge in [0.25, 0.3) is 5.91 Å². The number of rotatable bonds is 2. The van der Waals surface area contributed by atoms with Gasteiger partial charge in [-0.25, -0.2) is 0 Å². The van der Waals surface area contributed by atoms with Gasteiger partial charge in [0.2, 0.25) is 0 Å². The zero-order chi connectivity index (χ0) is 10.8. The molecule has 1 fully saturated rings. The Labute approximate surface area is 89.7 Å². The van der Waals surface area contributed by atoms with E-state index in [1.54, 1.807) is 12.4 Å². The minimum absolute atomic E-state index is 0.112. The summed E-state index contributed by atoms with van der Waals surface area (Å²) in [6, 6.07) is 0.764. The van der Waals surface area contributed by atoms with E-state index in [4.69, 9.17) is 0 Å². The molecule has 2 rings (SSSR count). The van der Waals surface area contributed by atoms with Crippen LogP contribution in [0.15, 0.2) is 12.4 Å². The van der Waals surface area contributed by atoms with Crippen molar-refractivity contribution in [3.63, 3.8) is 0 Å². The predicted molar refractivity (Wildman–Crippen MR) is 57.5 cm³/mol. The lowest BCUT2D eigenvalue weighted by molar-refractivity contribution is 0.0676. The second kappa shape index (κ2) is 4.04. The van der Waals surface area contributed by atoms with Gasteiger partial charge in [-0.1, -0.05) is 6.92 Å². The first-order chi connectivity index (χ1) is 7.24. The van der Waals surface area contributed by atoms with Crippen LogP contribution in [0.5, 0.6) is 0 Å². The highest BCUT2D eigenvalue weighted by atomic mass is 16.2. The summed E-state index contributed by atoms with van der Waals surface area (Å²) >= 11 is 0. The van der Waals surface area contributed by atoms with Crippen LogP contribution in [0.3, 0.4) is 0 Å². The molecule has 1 aromatic rings. The Bertz CT molecular complexity index is 334. The number of H-pyrrole nitrogens is 1. The van der Waals surface area contributed by atoms with Crippen molar-refractivity contribution in [2.24, 2.45) is 0 Å². The molecule has 82 valence electrons. The third-order valence-corrected chi connectivity index (χ3v) is 3.24. The van der Waals surface area contributed by atoms with Crippen LogP contribution in [0.2, 0.25) is 0 Å². The van der Waals surface area contributed by atoms with Crippen molar-refractivity contribution in [1.29, 1.82) is 0 Å². The molecule has 15 heavy (non-hydrogen) atoms. The molecule has 1 N–H and O–H groups in total. The van der Waals surface area contributed by atoms with Gasteiger partial charge in [0.15, 0.2) is 0 Å². The highest BCUT2D eigenvalue weighted by Crippen LogP contribution is 2.27. The van der Waals surface area contributed by atoms with Crippen LogP contribution in [0, 0.1) is 0 Å². The Morgan fingerprint density at radius 2 is 2.47 bits per heavy atom. The summed E-state index contributed by atoms with van der Waals surface area (Å²) in [5.41, 5.74) is 0.669. The lowest BCUT2D eigenvalue weighted by atomic mass is 10.1. The number of hydrogen-bond acceptors (Lipinski definition) is 2. The normalized spacial score (nSPS) is 25.9. The fourth-order valence-corrected chi connectivity index (χ4v) is 2.36. The number of amides is 1. The molecule has 2 heterocycles. The lowest BCUT2D eigenvalue weighted by Gasteiger charge is -2.27. The van der Waals surface area contributed by atoms with Crippen molar-refractivity contribution in [3.8, 4) is 0 Å². The molecule has 1 amide bonds. The van der Waals surface area contributed by atoms with Crippen LogP contribution in [0.1, 0.15) is 43.5 Å². The molecule has 1 aromatic heterocycles. The van der Waals surface area contributed by atoms with Gasteiger partial charge < -0.3 is 4.90 Å². The van der Waals surface area contributed by atoms with Crippen LogP contribution in [-0.2, 0) is 0 Å². The van der Waals surface area contributed by atoms with Crippen LogP contribution < -0.4 is 0 Å². The van der Waals surface area contributed by atoms with Crippen LogP contribution in [-0.4, -0.2) is 33.1 Å². The molecule has 2 atom stereocenters. The summed E-state index contributed by atoms with van der Waals surface area (Å²) in [5.74, 6) is 0.112. The quantitative estimate of drug-likeness (QED) is 0.804. The van der Waals surface area contributed by atoms with E-state index < -0.39 is 0 Å². The lowest BCUT2D eigenvalue weighted by Crippen LogP contribution is -2.39. The monoisotopic (exact) mass is 207 g/mol. The number of aromatic nitrogens is 2. The number of hydrogen-bond donors (Lipinski definition) is 1. The van der Waals surface area contributed by atoms with Gasteiger partial charge in [-0.3, -0.25) is 9.89 Å². The zero-order valence-corrected chi connectivity index (χ0v) is 9.23. The number of aromatic amines is 1. The summed E-state index contributed by atoms with van der Waals surface area (Å²) in [5, 5.41) is 6.50. The van der Waals surface area contributed by atoms with E-state index in [9.17, 15) is 4.79 Å². The third kappa shape index (κ3) is 1.76. The average molecular weight is 207 g/mol. The van der Waals surface area contributed by atoms with E-state index in [0.717, 1.165) is 19.3 Å². The molecule has 0 radical (unpaired) electrons. The Hall–Kier alpha value is -1.32. The van der Waals surface area contributed by atoms with Gasteiger partial charge >= 0.3 is 0 Å². The smallest absolute Gasteiger partial charge is 0.257 e. The SMILES string of the molecule is CCC1CCC(C)N1C(=O)c1cn[nH]c1. The first-order valence-corrected chi connectivity index (χ1v) is 5.55. The molecule has 4 nitrogen and oxygen atoms in total. The molecule has 2 unspecified atom stereocenters. The molecule has 0 aliphatic carbocycles. The second-order valence-electron chi connectivity index (χ2n) is 4.19. The van der Waals surface area contributed by atoms with E-state index in [1.807, 2.05) is 4.90 Å². The maximum absolute atomic E-state index is 12.2. The van der Waals surface area contributed by atoms with E-state index in [-0.39, 0.29) is 5.91 Å². The van der Waals surface area contributed by atoms with Crippen molar-refractivity contribution in [1.82, 2.24) is 15.1 Å². The summed E-state index contributed by atoms with van der Waals surface area (Å²) in [7, 11) is 0. The summed E-state index contributed by atoms with van der Waals surface area (Å²) in [6.45, 7) is 4.26. The molecule has 1 aliphatic heterocycles. The van der Waals surface area contributed by atoms with E-state index >= 15 is 0 Å².